The molecule has 2 rings (SSSR count). The average molecular weight is 346 g/mol. The van der Waals surface area contributed by atoms with E-state index in [-0.39, 0.29) is 17.8 Å². The number of likely N-dealkylation sites (tertiary alicyclic amines) is 1. The van der Waals surface area contributed by atoms with Gasteiger partial charge >= 0.3 is 5.97 Å². The van der Waals surface area contributed by atoms with Gasteiger partial charge in [0, 0.05) is 12.2 Å². The zero-order chi connectivity index (χ0) is 18.2. The van der Waals surface area contributed by atoms with Crippen LogP contribution in [-0.4, -0.2) is 43.0 Å². The lowest BCUT2D eigenvalue weighted by Crippen LogP contribution is -2.43. The van der Waals surface area contributed by atoms with Gasteiger partial charge < -0.3 is 10.1 Å². The first-order chi connectivity index (χ1) is 12.0. The largest absolute Gasteiger partial charge is 0.466 e. The lowest BCUT2D eigenvalue weighted by atomic mass is 9.98. The van der Waals surface area contributed by atoms with Gasteiger partial charge in [0.05, 0.1) is 19.1 Å². The van der Waals surface area contributed by atoms with Crippen molar-refractivity contribution in [3.63, 3.8) is 0 Å². The van der Waals surface area contributed by atoms with Gasteiger partial charge in [-0.05, 0) is 56.3 Å². The van der Waals surface area contributed by atoms with Gasteiger partial charge in [-0.3, -0.25) is 14.5 Å². The zero-order valence-electron chi connectivity index (χ0n) is 15.6. The molecule has 1 aliphatic heterocycles. The Morgan fingerprint density at radius 3 is 2.64 bits per heavy atom. The minimum atomic E-state index is -0.145. The number of nitrogens with zero attached hydrogens (tertiary/aromatic N) is 1. The Bertz CT molecular complexity index is 571. The van der Waals surface area contributed by atoms with Crippen LogP contribution in [0.4, 0.5) is 5.69 Å². The highest BCUT2D eigenvalue weighted by Crippen LogP contribution is 2.21. The molecular formula is C20H30N2O3. The van der Waals surface area contributed by atoms with E-state index in [4.69, 9.17) is 4.74 Å². The molecule has 2 atom stereocenters. The number of benzene rings is 1. The van der Waals surface area contributed by atoms with E-state index in [1.165, 1.54) is 5.56 Å². The second kappa shape index (κ2) is 9.56. The highest BCUT2D eigenvalue weighted by atomic mass is 16.5. The molecule has 0 unspecified atom stereocenters. The lowest BCUT2D eigenvalue weighted by Gasteiger charge is -2.30. The summed E-state index contributed by atoms with van der Waals surface area (Å²) in [7, 11) is 0. The van der Waals surface area contributed by atoms with Crippen LogP contribution in [0.2, 0.25) is 0 Å². The molecule has 0 aliphatic carbocycles. The summed E-state index contributed by atoms with van der Waals surface area (Å²) in [5, 5.41) is 2.95. The molecule has 1 saturated heterocycles. The van der Waals surface area contributed by atoms with Crippen LogP contribution in [-0.2, 0) is 14.3 Å². The molecule has 5 heteroatoms. The van der Waals surface area contributed by atoms with Crippen LogP contribution in [0.1, 0.15) is 51.5 Å². The third-order valence-corrected chi connectivity index (χ3v) is 4.87. The molecule has 1 aromatic rings. The quantitative estimate of drug-likeness (QED) is 0.769. The van der Waals surface area contributed by atoms with E-state index in [0.29, 0.717) is 25.6 Å². The minimum absolute atomic E-state index is 0.0409. The average Bonchev–Trinajstić information content (AvgIpc) is 2.62. The maximum atomic E-state index is 12.3. The summed E-state index contributed by atoms with van der Waals surface area (Å²) in [6.45, 7) is 8.34. The van der Waals surface area contributed by atoms with E-state index in [2.05, 4.69) is 31.3 Å². The second-order valence-electron chi connectivity index (χ2n) is 6.81. The van der Waals surface area contributed by atoms with Crippen LogP contribution in [0.15, 0.2) is 24.3 Å². The van der Waals surface area contributed by atoms with E-state index in [1.807, 2.05) is 24.0 Å². The van der Waals surface area contributed by atoms with E-state index >= 15 is 0 Å². The van der Waals surface area contributed by atoms with Gasteiger partial charge in [0.1, 0.15) is 0 Å². The van der Waals surface area contributed by atoms with Crippen LogP contribution >= 0.6 is 0 Å². The Balaban J connectivity index is 1.84. The molecule has 5 nitrogen and oxygen atoms in total. The molecule has 1 fully saturated rings. The van der Waals surface area contributed by atoms with E-state index in [1.54, 1.807) is 0 Å². The summed E-state index contributed by atoms with van der Waals surface area (Å²) < 4.78 is 5.10. The van der Waals surface area contributed by atoms with Crippen molar-refractivity contribution < 1.29 is 14.3 Å². The Morgan fingerprint density at radius 2 is 2.00 bits per heavy atom. The lowest BCUT2D eigenvalue weighted by molar-refractivity contribution is -0.150. The zero-order valence-corrected chi connectivity index (χ0v) is 15.6. The molecule has 0 aromatic heterocycles. The van der Waals surface area contributed by atoms with Crippen molar-refractivity contribution in [2.75, 3.05) is 31.6 Å². The second-order valence-corrected chi connectivity index (χ2v) is 6.81. The predicted octanol–water partition coefficient (Wildman–Crippen LogP) is 3.41. The van der Waals surface area contributed by atoms with Crippen LogP contribution < -0.4 is 5.32 Å². The number of nitrogens with one attached hydrogen (secondary N) is 1. The molecular weight excluding hydrogens is 316 g/mol. The number of carbonyl (C=O) groups is 2. The number of rotatable bonds is 7. The Labute approximate surface area is 150 Å². The Kier molecular flexibility index (Phi) is 7.44. The monoisotopic (exact) mass is 346 g/mol. The van der Waals surface area contributed by atoms with Crippen molar-refractivity contribution in [2.24, 2.45) is 5.92 Å². The fourth-order valence-corrected chi connectivity index (χ4v) is 3.19. The maximum absolute atomic E-state index is 12.3. The summed E-state index contributed by atoms with van der Waals surface area (Å²) in [5.74, 6) is 0.225. The number of piperidine rings is 1. The fraction of sp³-hybridized carbons (Fsp3) is 0.600. The van der Waals surface area contributed by atoms with Gasteiger partial charge in [-0.15, -0.1) is 0 Å². The number of ether oxygens (including phenoxy) is 1. The number of anilines is 1. The molecule has 1 N–H and O–H groups in total. The highest BCUT2D eigenvalue weighted by molar-refractivity contribution is 5.92. The first-order valence-electron chi connectivity index (χ1n) is 9.32. The predicted molar refractivity (Wildman–Crippen MR) is 99.6 cm³/mol. The molecule has 0 radical (unpaired) electrons. The van der Waals surface area contributed by atoms with Gasteiger partial charge in [-0.2, -0.15) is 0 Å². The van der Waals surface area contributed by atoms with Crippen molar-refractivity contribution in [3.05, 3.63) is 29.8 Å². The number of amides is 1. The standard InChI is InChI=1S/C20H30N2O3/c1-4-15(3)16-8-10-18(11-9-16)21-19(23)14-22-12-6-7-17(13-22)20(24)25-5-2/h8-11,15,17H,4-7,12-14H2,1-3H3,(H,21,23)/t15-,17+/m1/s1. The number of hydrogen-bond donors (Lipinski definition) is 1. The molecule has 0 bridgehead atoms. The Hall–Kier alpha value is -1.88. The highest BCUT2D eigenvalue weighted by Gasteiger charge is 2.27. The molecule has 25 heavy (non-hydrogen) atoms. The number of carbonyl (C=O) groups excluding carboxylic acids is 2. The summed E-state index contributed by atoms with van der Waals surface area (Å²) >= 11 is 0. The van der Waals surface area contributed by atoms with E-state index in [9.17, 15) is 9.59 Å². The van der Waals surface area contributed by atoms with Crippen LogP contribution in [0.5, 0.6) is 0 Å². The number of hydrogen-bond acceptors (Lipinski definition) is 4. The van der Waals surface area contributed by atoms with Crippen molar-refractivity contribution in [1.82, 2.24) is 4.90 Å². The third kappa shape index (κ3) is 5.85. The van der Waals surface area contributed by atoms with Crippen LogP contribution in [0.25, 0.3) is 0 Å². The normalized spacial score (nSPS) is 19.2. The number of esters is 1. The van der Waals surface area contributed by atoms with Crippen molar-refractivity contribution in [1.29, 1.82) is 0 Å². The van der Waals surface area contributed by atoms with Crippen molar-refractivity contribution in [3.8, 4) is 0 Å². The molecule has 1 heterocycles. The maximum Gasteiger partial charge on any atom is 0.310 e. The summed E-state index contributed by atoms with van der Waals surface area (Å²) in [4.78, 5) is 26.2. The molecule has 0 saturated carbocycles. The van der Waals surface area contributed by atoms with Crippen LogP contribution in [0, 0.1) is 5.92 Å². The fourth-order valence-electron chi connectivity index (χ4n) is 3.19. The summed E-state index contributed by atoms with van der Waals surface area (Å²) in [5.41, 5.74) is 2.10. The van der Waals surface area contributed by atoms with Gasteiger partial charge in [0.25, 0.3) is 0 Å². The van der Waals surface area contributed by atoms with Crippen molar-refractivity contribution >= 4 is 17.6 Å². The minimum Gasteiger partial charge on any atom is -0.466 e. The van der Waals surface area contributed by atoms with Gasteiger partial charge in [0.15, 0.2) is 0 Å². The Morgan fingerprint density at radius 1 is 1.28 bits per heavy atom. The molecule has 1 aliphatic rings. The van der Waals surface area contributed by atoms with Gasteiger partial charge in [0.2, 0.25) is 5.91 Å². The van der Waals surface area contributed by atoms with Crippen LogP contribution in [0.3, 0.4) is 0 Å². The van der Waals surface area contributed by atoms with E-state index < -0.39 is 0 Å². The van der Waals surface area contributed by atoms with Gasteiger partial charge in [-0.1, -0.05) is 26.0 Å². The summed E-state index contributed by atoms with van der Waals surface area (Å²) in [6, 6.07) is 8.05. The first-order valence-corrected chi connectivity index (χ1v) is 9.32. The smallest absolute Gasteiger partial charge is 0.310 e. The first kappa shape index (κ1) is 19.4. The summed E-state index contributed by atoms with van der Waals surface area (Å²) in [6.07, 6.45) is 2.86. The topological polar surface area (TPSA) is 58.6 Å². The SMILES string of the molecule is CCOC(=O)[C@H]1CCCN(CC(=O)Nc2ccc([C@H](C)CC)cc2)C1. The van der Waals surface area contributed by atoms with Crippen molar-refractivity contribution in [2.45, 2.75) is 46.0 Å². The molecule has 1 amide bonds. The molecule has 1 aromatic carbocycles. The molecule has 138 valence electrons. The van der Waals surface area contributed by atoms with Gasteiger partial charge in [-0.25, -0.2) is 0 Å². The third-order valence-electron chi connectivity index (χ3n) is 4.87. The van der Waals surface area contributed by atoms with E-state index in [0.717, 1.165) is 31.5 Å². The molecule has 0 spiro atoms.